The SMILES string of the molecule is Cc1ccc2[nH]c(=O)c(CN(Cc3ccc4c(c3)OCO4)C(=S)NCCCN3CCOCC3)cc2c1. The molecule has 0 atom stereocenters. The summed E-state index contributed by atoms with van der Waals surface area (Å²) in [5.41, 5.74) is 3.59. The molecule has 1 fully saturated rings. The number of nitrogens with one attached hydrogen (secondary N) is 2. The number of H-pyrrole nitrogens is 1. The number of ether oxygens (including phenoxy) is 3. The van der Waals surface area contributed by atoms with Crippen molar-refractivity contribution < 1.29 is 14.2 Å². The summed E-state index contributed by atoms with van der Waals surface area (Å²) in [5.74, 6) is 1.48. The first-order valence-corrected chi connectivity index (χ1v) is 12.8. The molecule has 0 saturated carbocycles. The number of nitrogens with zero attached hydrogens (tertiary/aromatic N) is 2. The number of morpholine rings is 1. The van der Waals surface area contributed by atoms with Crippen molar-refractivity contribution in [3.63, 3.8) is 0 Å². The number of aromatic nitrogens is 1. The van der Waals surface area contributed by atoms with Crippen molar-refractivity contribution in [1.29, 1.82) is 0 Å². The highest BCUT2D eigenvalue weighted by Crippen LogP contribution is 2.33. The van der Waals surface area contributed by atoms with Crippen molar-refractivity contribution in [2.45, 2.75) is 26.4 Å². The molecule has 190 valence electrons. The van der Waals surface area contributed by atoms with Crippen LogP contribution in [0.25, 0.3) is 10.9 Å². The molecule has 5 rings (SSSR count). The van der Waals surface area contributed by atoms with E-state index in [1.807, 2.05) is 48.2 Å². The molecule has 2 N–H and O–H groups in total. The molecule has 1 aromatic heterocycles. The fraction of sp³-hybridized carbons (Fsp3) is 0.407. The predicted molar refractivity (Wildman–Crippen MR) is 144 cm³/mol. The number of pyridine rings is 1. The van der Waals surface area contributed by atoms with Crippen molar-refractivity contribution in [2.24, 2.45) is 0 Å². The van der Waals surface area contributed by atoms with Gasteiger partial charge < -0.3 is 29.4 Å². The van der Waals surface area contributed by atoms with Crippen LogP contribution in [0.2, 0.25) is 0 Å². The van der Waals surface area contributed by atoms with Crippen LogP contribution in [0.5, 0.6) is 11.5 Å². The Kier molecular flexibility index (Phi) is 7.69. The standard InChI is InChI=1S/C27H32N4O4S/c1-19-3-5-23-21(13-19)15-22(26(32)29-23)17-31(16-20-4-6-24-25(14-20)35-18-34-24)27(36)28-7-2-8-30-9-11-33-12-10-30/h3-6,13-15H,2,7-12,16-18H2,1H3,(H,28,36)(H,29,32). The number of thiocarbonyl (C=S) groups is 1. The Labute approximate surface area is 216 Å². The molecule has 8 nitrogen and oxygen atoms in total. The molecule has 2 aliphatic rings. The lowest BCUT2D eigenvalue weighted by Crippen LogP contribution is -2.42. The fourth-order valence-electron chi connectivity index (χ4n) is 4.59. The van der Waals surface area contributed by atoms with Crippen molar-refractivity contribution in [1.82, 2.24) is 20.1 Å². The van der Waals surface area contributed by atoms with Crippen LogP contribution < -0.4 is 20.3 Å². The van der Waals surface area contributed by atoms with E-state index >= 15 is 0 Å². The zero-order valence-corrected chi connectivity index (χ0v) is 21.4. The quantitative estimate of drug-likeness (QED) is 0.355. The molecule has 0 radical (unpaired) electrons. The van der Waals surface area contributed by atoms with Gasteiger partial charge in [0.15, 0.2) is 16.6 Å². The maximum atomic E-state index is 12.9. The Hall–Kier alpha value is -3.14. The molecule has 2 aromatic carbocycles. The van der Waals surface area contributed by atoms with Crippen molar-refractivity contribution in [2.75, 3.05) is 46.2 Å². The fourth-order valence-corrected chi connectivity index (χ4v) is 4.82. The van der Waals surface area contributed by atoms with Crippen molar-refractivity contribution in [3.8, 4) is 11.5 Å². The van der Waals surface area contributed by atoms with Gasteiger partial charge in [-0.3, -0.25) is 9.69 Å². The zero-order valence-electron chi connectivity index (χ0n) is 20.5. The Morgan fingerprint density at radius 1 is 1.08 bits per heavy atom. The van der Waals surface area contributed by atoms with E-state index in [0.29, 0.717) is 23.8 Å². The summed E-state index contributed by atoms with van der Waals surface area (Å²) >= 11 is 5.82. The van der Waals surface area contributed by atoms with Gasteiger partial charge in [0.1, 0.15) is 0 Å². The van der Waals surface area contributed by atoms with E-state index in [1.54, 1.807) is 0 Å². The van der Waals surface area contributed by atoms with Gasteiger partial charge in [-0.05, 0) is 73.4 Å². The van der Waals surface area contributed by atoms with E-state index in [4.69, 9.17) is 26.4 Å². The number of rotatable bonds is 8. The van der Waals surface area contributed by atoms with Crippen LogP contribution in [0.1, 0.15) is 23.1 Å². The first-order valence-electron chi connectivity index (χ1n) is 12.4. The molecular weight excluding hydrogens is 476 g/mol. The van der Waals surface area contributed by atoms with Crippen LogP contribution in [0.15, 0.2) is 47.3 Å². The average molecular weight is 509 g/mol. The van der Waals surface area contributed by atoms with E-state index in [9.17, 15) is 4.79 Å². The number of aromatic amines is 1. The average Bonchev–Trinajstić information content (AvgIpc) is 3.35. The number of hydrogen-bond donors (Lipinski definition) is 2. The second-order valence-electron chi connectivity index (χ2n) is 9.30. The summed E-state index contributed by atoms with van der Waals surface area (Å²) in [6.45, 7) is 8.54. The first-order chi connectivity index (χ1) is 17.5. The summed E-state index contributed by atoms with van der Waals surface area (Å²) in [6, 6.07) is 13.9. The lowest BCUT2D eigenvalue weighted by molar-refractivity contribution is 0.0376. The molecule has 0 bridgehead atoms. The summed E-state index contributed by atoms with van der Waals surface area (Å²) in [6.07, 6.45) is 0.980. The third-order valence-electron chi connectivity index (χ3n) is 6.57. The molecular formula is C27H32N4O4S. The molecule has 36 heavy (non-hydrogen) atoms. The number of benzene rings is 2. The Morgan fingerprint density at radius 2 is 1.92 bits per heavy atom. The Morgan fingerprint density at radius 3 is 2.78 bits per heavy atom. The van der Waals surface area contributed by atoms with Gasteiger partial charge in [0, 0.05) is 37.3 Å². The van der Waals surface area contributed by atoms with Gasteiger partial charge in [-0.1, -0.05) is 17.7 Å². The Bertz CT molecular complexity index is 1290. The molecule has 1 saturated heterocycles. The first kappa shape index (κ1) is 24.5. The van der Waals surface area contributed by atoms with Gasteiger partial charge >= 0.3 is 0 Å². The number of hydrogen-bond acceptors (Lipinski definition) is 6. The maximum absolute atomic E-state index is 12.9. The molecule has 2 aliphatic heterocycles. The van der Waals surface area contributed by atoms with Gasteiger partial charge in [0.05, 0.1) is 19.8 Å². The molecule has 9 heteroatoms. The molecule has 0 amide bonds. The van der Waals surface area contributed by atoms with E-state index in [1.165, 1.54) is 0 Å². The zero-order chi connectivity index (χ0) is 24.9. The molecule has 0 spiro atoms. The highest BCUT2D eigenvalue weighted by molar-refractivity contribution is 7.80. The van der Waals surface area contributed by atoms with Crippen LogP contribution in [0.3, 0.4) is 0 Å². The molecule has 3 aromatic rings. The van der Waals surface area contributed by atoms with Crippen LogP contribution >= 0.6 is 12.2 Å². The van der Waals surface area contributed by atoms with Crippen LogP contribution in [0.4, 0.5) is 0 Å². The normalized spacial score (nSPS) is 15.2. The maximum Gasteiger partial charge on any atom is 0.253 e. The smallest absolute Gasteiger partial charge is 0.253 e. The summed E-state index contributed by atoms with van der Waals surface area (Å²) in [7, 11) is 0. The minimum atomic E-state index is -0.0999. The van der Waals surface area contributed by atoms with E-state index in [-0.39, 0.29) is 12.4 Å². The predicted octanol–water partition coefficient (Wildman–Crippen LogP) is 3.16. The topological polar surface area (TPSA) is 79.1 Å². The molecule has 3 heterocycles. The third-order valence-corrected chi connectivity index (χ3v) is 6.97. The number of fused-ring (bicyclic) bond motifs is 2. The lowest BCUT2D eigenvalue weighted by atomic mass is 10.1. The summed E-state index contributed by atoms with van der Waals surface area (Å²) < 4.78 is 16.4. The summed E-state index contributed by atoms with van der Waals surface area (Å²) in [5, 5.41) is 5.05. The van der Waals surface area contributed by atoms with Crippen LogP contribution in [-0.2, 0) is 17.8 Å². The highest BCUT2D eigenvalue weighted by atomic mass is 32.1. The lowest BCUT2D eigenvalue weighted by Gasteiger charge is -2.28. The second kappa shape index (κ2) is 11.3. The second-order valence-corrected chi connectivity index (χ2v) is 9.68. The van der Waals surface area contributed by atoms with E-state index in [2.05, 4.69) is 21.3 Å². The Balaban J connectivity index is 1.31. The molecule has 0 unspecified atom stereocenters. The monoisotopic (exact) mass is 508 g/mol. The van der Waals surface area contributed by atoms with Gasteiger partial charge in [-0.2, -0.15) is 0 Å². The highest BCUT2D eigenvalue weighted by Gasteiger charge is 2.18. The van der Waals surface area contributed by atoms with Gasteiger partial charge in [0.2, 0.25) is 6.79 Å². The van der Waals surface area contributed by atoms with Crippen molar-refractivity contribution >= 4 is 28.2 Å². The van der Waals surface area contributed by atoms with Gasteiger partial charge in [-0.25, -0.2) is 0 Å². The van der Waals surface area contributed by atoms with Crippen LogP contribution in [0, 0.1) is 6.92 Å². The third kappa shape index (κ3) is 5.98. The number of aryl methyl sites for hydroxylation is 1. The summed E-state index contributed by atoms with van der Waals surface area (Å²) in [4.78, 5) is 20.4. The van der Waals surface area contributed by atoms with E-state index < -0.39 is 0 Å². The van der Waals surface area contributed by atoms with E-state index in [0.717, 1.165) is 79.3 Å². The largest absolute Gasteiger partial charge is 0.454 e. The minimum Gasteiger partial charge on any atom is -0.454 e. The molecule has 0 aliphatic carbocycles. The van der Waals surface area contributed by atoms with Crippen LogP contribution in [-0.4, -0.2) is 66.1 Å². The van der Waals surface area contributed by atoms with Gasteiger partial charge in [-0.15, -0.1) is 0 Å². The van der Waals surface area contributed by atoms with Gasteiger partial charge in [0.25, 0.3) is 5.56 Å². The van der Waals surface area contributed by atoms with Crippen molar-refractivity contribution in [3.05, 3.63) is 69.5 Å². The minimum absolute atomic E-state index is 0.0999.